The number of thiazole rings is 1. The van der Waals surface area contributed by atoms with Crippen molar-refractivity contribution >= 4 is 49.2 Å². The lowest BCUT2D eigenvalue weighted by atomic mass is 9.95. The van der Waals surface area contributed by atoms with Crippen molar-refractivity contribution in [1.29, 1.82) is 0 Å². The molecular formula is C18H21BrFN3O5S2. The molecule has 0 aliphatic heterocycles. The normalized spacial score (nSPS) is 13.7. The number of nitrogens with one attached hydrogen (secondary N) is 1. The first-order valence-electron chi connectivity index (χ1n) is 8.70. The van der Waals surface area contributed by atoms with Crippen molar-refractivity contribution in [2.45, 2.75) is 49.8 Å². The lowest BCUT2D eigenvalue weighted by Crippen LogP contribution is -2.29. The van der Waals surface area contributed by atoms with Gasteiger partial charge in [-0.2, -0.15) is 0 Å². The predicted octanol–water partition coefficient (Wildman–Crippen LogP) is 4.17. The molecule has 1 aromatic heterocycles. The fourth-order valence-corrected chi connectivity index (χ4v) is 5.74. The number of hydrogen-bond acceptors (Lipinski definition) is 6. The molecule has 2 rings (SSSR count). The third-order valence-corrected chi connectivity index (χ3v) is 8.18. The Bertz CT molecular complexity index is 1100. The van der Waals surface area contributed by atoms with Crippen molar-refractivity contribution in [2.75, 3.05) is 0 Å². The van der Waals surface area contributed by atoms with Crippen molar-refractivity contribution in [1.82, 2.24) is 9.71 Å². The monoisotopic (exact) mass is 521 g/mol. The highest BCUT2D eigenvalue weighted by atomic mass is 79.9. The van der Waals surface area contributed by atoms with Gasteiger partial charge in [0, 0.05) is 4.47 Å². The average molecular weight is 522 g/mol. The van der Waals surface area contributed by atoms with Gasteiger partial charge >= 0.3 is 6.09 Å². The minimum absolute atomic E-state index is 0.0999. The lowest BCUT2D eigenvalue weighted by Gasteiger charge is -2.14. The largest absolute Gasteiger partial charge is 0.464 e. The summed E-state index contributed by atoms with van der Waals surface area (Å²) in [5, 5.41) is 19.3. The number of carboxylic acid groups (broad SMARTS) is 1. The summed E-state index contributed by atoms with van der Waals surface area (Å²) in [5.74, 6) is -1.43. The topological polar surface area (TPSA) is 129 Å². The smallest absolute Gasteiger partial charge is 0.417 e. The Morgan fingerprint density at radius 1 is 1.40 bits per heavy atom. The number of hydrogen-bond donors (Lipinski definition) is 3. The molecule has 8 nitrogen and oxygen atoms in total. The van der Waals surface area contributed by atoms with Crippen LogP contribution in [0.4, 0.5) is 9.18 Å². The zero-order valence-corrected chi connectivity index (χ0v) is 19.8. The highest BCUT2D eigenvalue weighted by Crippen LogP contribution is 2.30. The molecule has 1 aromatic carbocycles. The molecule has 0 radical (unpaired) electrons. The van der Waals surface area contributed by atoms with Crippen LogP contribution in [0.2, 0.25) is 0 Å². The van der Waals surface area contributed by atoms with E-state index in [4.69, 9.17) is 5.11 Å². The van der Waals surface area contributed by atoms with E-state index in [9.17, 15) is 23.3 Å². The van der Waals surface area contributed by atoms with Crippen molar-refractivity contribution in [2.24, 2.45) is 4.36 Å². The van der Waals surface area contributed by atoms with E-state index >= 15 is 0 Å². The van der Waals surface area contributed by atoms with Gasteiger partial charge in [-0.3, -0.25) is 4.79 Å². The Hall–Kier alpha value is -1.89. The standard InChI is InChI=1S/C18H21BrFN3O5S2/c1-9(2)11-5-10(20)6-13(19)12(11)7-14(24)22-30(28,23-17(25)26)15-8-21-16(29-15)18(3,4)27/h5-6,8-9,27H,7H2,1-4H3,(H,25,26)(H,22,23,24,28). The molecule has 0 fully saturated rings. The molecule has 1 atom stereocenters. The maximum absolute atomic E-state index is 13.8. The van der Waals surface area contributed by atoms with E-state index in [2.05, 4.69) is 25.3 Å². The summed E-state index contributed by atoms with van der Waals surface area (Å²) in [6.07, 6.45) is -0.843. The van der Waals surface area contributed by atoms with Crippen LogP contribution in [0.5, 0.6) is 0 Å². The minimum Gasteiger partial charge on any atom is -0.464 e. The number of aliphatic hydroxyl groups is 1. The zero-order chi connectivity index (χ0) is 22.9. The number of carbonyl (C=O) groups is 2. The van der Waals surface area contributed by atoms with Crippen molar-refractivity contribution < 1.29 is 28.4 Å². The predicted molar refractivity (Wildman–Crippen MR) is 114 cm³/mol. The number of aromatic nitrogens is 1. The molecule has 164 valence electrons. The SMILES string of the molecule is CC(C)c1cc(F)cc(Br)c1CC(=O)N=S(=O)(NC(=O)O)c1cnc(C(C)(C)O)s1. The van der Waals surface area contributed by atoms with Crippen LogP contribution in [0.25, 0.3) is 0 Å². The maximum Gasteiger partial charge on any atom is 0.417 e. The Kier molecular flexibility index (Phi) is 7.38. The first-order chi connectivity index (χ1) is 13.7. The molecule has 30 heavy (non-hydrogen) atoms. The van der Waals surface area contributed by atoms with E-state index < -0.39 is 33.3 Å². The molecule has 1 unspecified atom stereocenters. The first kappa shape index (κ1) is 24.4. The highest BCUT2D eigenvalue weighted by molar-refractivity contribution is 9.10. The van der Waals surface area contributed by atoms with E-state index in [1.54, 1.807) is 4.72 Å². The van der Waals surface area contributed by atoms with Crippen LogP contribution >= 0.6 is 27.3 Å². The summed E-state index contributed by atoms with van der Waals surface area (Å²) < 4.78 is 32.7. The first-order valence-corrected chi connectivity index (χ1v) is 11.8. The van der Waals surface area contributed by atoms with E-state index in [1.165, 1.54) is 26.0 Å². The molecule has 0 aliphatic carbocycles. The molecule has 1 heterocycles. The summed E-state index contributed by atoms with van der Waals surface area (Å²) in [4.78, 5) is 27.8. The zero-order valence-electron chi connectivity index (χ0n) is 16.6. The Balaban J connectivity index is 2.51. The summed E-state index contributed by atoms with van der Waals surface area (Å²) in [7, 11) is -3.90. The van der Waals surface area contributed by atoms with Crippen LogP contribution < -0.4 is 4.72 Å². The van der Waals surface area contributed by atoms with Gasteiger partial charge < -0.3 is 10.2 Å². The van der Waals surface area contributed by atoms with Crippen LogP contribution in [0.15, 0.2) is 31.4 Å². The molecule has 3 N–H and O–H groups in total. The highest BCUT2D eigenvalue weighted by Gasteiger charge is 2.27. The number of halogens is 2. The second-order valence-corrected chi connectivity index (χ2v) is 11.3. The summed E-state index contributed by atoms with van der Waals surface area (Å²) >= 11 is 4.02. The van der Waals surface area contributed by atoms with Crippen molar-refractivity contribution in [3.8, 4) is 0 Å². The van der Waals surface area contributed by atoms with E-state index in [0.29, 0.717) is 15.6 Å². The molecule has 0 bridgehead atoms. The summed E-state index contributed by atoms with van der Waals surface area (Å²) in [6.45, 7) is 6.58. The van der Waals surface area contributed by atoms with E-state index in [0.717, 1.165) is 17.5 Å². The van der Waals surface area contributed by atoms with Gasteiger partial charge in [0.15, 0.2) is 9.92 Å². The van der Waals surface area contributed by atoms with Crippen LogP contribution in [-0.2, 0) is 26.7 Å². The number of nitrogens with zero attached hydrogens (tertiary/aromatic N) is 2. The van der Waals surface area contributed by atoms with E-state index in [1.807, 2.05) is 13.8 Å². The second-order valence-electron chi connectivity index (χ2n) is 7.25. The molecule has 0 spiro atoms. The molecule has 0 saturated carbocycles. The van der Waals surface area contributed by atoms with Gasteiger partial charge in [0.05, 0.1) is 12.6 Å². The fraction of sp³-hybridized carbons (Fsp3) is 0.389. The van der Waals surface area contributed by atoms with E-state index in [-0.39, 0.29) is 21.6 Å². The average Bonchev–Trinajstić information content (AvgIpc) is 3.07. The van der Waals surface area contributed by atoms with Gasteiger partial charge in [0.1, 0.15) is 20.6 Å². The molecule has 2 aromatic rings. The fourth-order valence-electron chi connectivity index (χ4n) is 2.56. The van der Waals surface area contributed by atoms with Crippen LogP contribution in [0, 0.1) is 5.82 Å². The van der Waals surface area contributed by atoms with Crippen molar-refractivity contribution in [3.63, 3.8) is 0 Å². The van der Waals surface area contributed by atoms with Crippen molar-refractivity contribution in [3.05, 3.63) is 44.8 Å². The molecule has 0 saturated heterocycles. The second kappa shape index (κ2) is 9.08. The summed E-state index contributed by atoms with van der Waals surface area (Å²) in [5.41, 5.74) is -0.300. The molecule has 12 heteroatoms. The minimum atomic E-state index is -3.90. The number of benzene rings is 1. The number of carbonyl (C=O) groups excluding carboxylic acids is 1. The Morgan fingerprint density at radius 2 is 2.03 bits per heavy atom. The third kappa shape index (κ3) is 5.84. The Labute approximate surface area is 186 Å². The molecule has 0 aliphatic rings. The van der Waals surface area contributed by atoms with Gasteiger partial charge in [-0.15, -0.1) is 15.7 Å². The summed E-state index contributed by atoms with van der Waals surface area (Å²) in [6, 6.07) is 2.52. The molecular weight excluding hydrogens is 501 g/mol. The van der Waals surface area contributed by atoms with Gasteiger partial charge in [-0.1, -0.05) is 29.8 Å². The van der Waals surface area contributed by atoms with Gasteiger partial charge in [0.2, 0.25) is 0 Å². The Morgan fingerprint density at radius 3 is 2.53 bits per heavy atom. The number of rotatable bonds is 6. The third-order valence-electron chi connectivity index (χ3n) is 3.88. The van der Waals surface area contributed by atoms with Crippen LogP contribution in [0.3, 0.4) is 0 Å². The number of amides is 2. The molecule has 2 amide bonds. The van der Waals surface area contributed by atoms with Crippen LogP contribution in [-0.4, -0.2) is 31.4 Å². The van der Waals surface area contributed by atoms with Gasteiger partial charge in [0.25, 0.3) is 5.91 Å². The maximum atomic E-state index is 13.8. The van der Waals surface area contributed by atoms with Gasteiger partial charge in [-0.05, 0) is 43.0 Å². The lowest BCUT2D eigenvalue weighted by molar-refractivity contribution is -0.117. The van der Waals surface area contributed by atoms with Gasteiger partial charge in [-0.25, -0.2) is 23.1 Å². The van der Waals surface area contributed by atoms with Crippen LogP contribution in [0.1, 0.15) is 49.7 Å². The quantitative estimate of drug-likeness (QED) is 0.522.